The summed E-state index contributed by atoms with van der Waals surface area (Å²) in [5, 5.41) is 9.21. The van der Waals surface area contributed by atoms with Crippen molar-refractivity contribution in [2.45, 2.75) is 18.4 Å². The molecule has 1 atom stereocenters. The van der Waals surface area contributed by atoms with Crippen LogP contribution in [0.15, 0.2) is 27.4 Å². The van der Waals surface area contributed by atoms with Gasteiger partial charge in [0, 0.05) is 0 Å². The number of anilines is 1. The summed E-state index contributed by atoms with van der Waals surface area (Å²) in [4.78, 5) is 12.5. The third kappa shape index (κ3) is 2.31. The van der Waals surface area contributed by atoms with E-state index in [-0.39, 0.29) is 11.7 Å². The molecule has 1 amide bonds. The van der Waals surface area contributed by atoms with Gasteiger partial charge in [-0.05, 0) is 61.9 Å². The number of halogens is 3. The Balaban J connectivity index is 1.96. The molecule has 0 saturated heterocycles. The highest BCUT2D eigenvalue weighted by Crippen LogP contribution is 2.40. The molecule has 0 aliphatic heterocycles. The minimum atomic E-state index is -1.18. The predicted octanol–water partition coefficient (Wildman–Crippen LogP) is 2.81. The fourth-order valence-corrected chi connectivity index (χ4v) is 3.39. The van der Waals surface area contributed by atoms with Gasteiger partial charge in [-0.25, -0.2) is 4.39 Å². The Morgan fingerprint density at radius 2 is 2.24 bits per heavy atom. The highest BCUT2D eigenvalue weighted by atomic mass is 79.9. The van der Waals surface area contributed by atoms with Gasteiger partial charge in [0.15, 0.2) is 0 Å². The number of aromatic nitrogens is 2. The first-order valence-electron chi connectivity index (χ1n) is 6.20. The van der Waals surface area contributed by atoms with Crippen molar-refractivity contribution in [3.63, 3.8) is 0 Å². The van der Waals surface area contributed by atoms with Crippen LogP contribution in [0.3, 0.4) is 0 Å². The number of carbonyl (C=O) groups excluding carboxylic acids is 1. The van der Waals surface area contributed by atoms with Crippen LogP contribution in [0.1, 0.15) is 17.5 Å². The lowest BCUT2D eigenvalue weighted by Gasteiger charge is -2.24. The van der Waals surface area contributed by atoms with E-state index in [9.17, 15) is 9.18 Å². The number of hydrogen-bond acceptors (Lipinski definition) is 3. The van der Waals surface area contributed by atoms with Crippen molar-refractivity contribution in [3.8, 4) is 0 Å². The normalized spacial score (nSPS) is 20.4. The zero-order chi connectivity index (χ0) is 15.2. The first kappa shape index (κ1) is 14.7. The number of aromatic amines is 1. The molecule has 21 heavy (non-hydrogen) atoms. The first-order valence-corrected chi connectivity index (χ1v) is 7.78. The largest absolute Gasteiger partial charge is 0.321 e. The number of H-pyrrole nitrogens is 1. The van der Waals surface area contributed by atoms with Crippen LogP contribution in [0.25, 0.3) is 0 Å². The van der Waals surface area contributed by atoms with E-state index in [1.165, 1.54) is 12.3 Å². The van der Waals surface area contributed by atoms with Crippen molar-refractivity contribution in [3.05, 3.63) is 44.3 Å². The average Bonchev–Trinajstić information content (AvgIpc) is 3.00. The Morgan fingerprint density at radius 3 is 2.90 bits per heavy atom. The summed E-state index contributed by atoms with van der Waals surface area (Å²) in [6.45, 7) is 0. The van der Waals surface area contributed by atoms with Crippen molar-refractivity contribution >= 4 is 43.5 Å². The molecule has 110 valence electrons. The molecule has 0 radical (unpaired) electrons. The molecule has 5 nitrogen and oxygen atoms in total. The maximum atomic E-state index is 13.6. The van der Waals surface area contributed by atoms with E-state index >= 15 is 0 Å². The summed E-state index contributed by atoms with van der Waals surface area (Å²) in [5.41, 5.74) is 7.03. The number of fused-ring (bicyclic) bond motifs is 1. The standard InChI is InChI=1S/C13H11Br2FN4O/c14-10-6-3-4-13(17,7(6)1-2-8(10)16)12(21)19-9-5-18-20-11(9)15/h1-2,5H,3-4,17H2,(H,18,20)(H,19,21). The fourth-order valence-electron chi connectivity index (χ4n) is 2.54. The molecule has 2 aromatic rings. The summed E-state index contributed by atoms with van der Waals surface area (Å²) in [6, 6.07) is 2.89. The number of benzene rings is 1. The van der Waals surface area contributed by atoms with E-state index < -0.39 is 5.54 Å². The van der Waals surface area contributed by atoms with Gasteiger partial charge in [0.25, 0.3) is 0 Å². The molecule has 1 aromatic heterocycles. The topological polar surface area (TPSA) is 83.8 Å². The molecular weight excluding hydrogens is 407 g/mol. The lowest BCUT2D eigenvalue weighted by Crippen LogP contribution is -2.46. The van der Waals surface area contributed by atoms with Crippen molar-refractivity contribution in [2.24, 2.45) is 5.73 Å². The lowest BCUT2D eigenvalue weighted by molar-refractivity contribution is -0.121. The Kier molecular flexibility index (Phi) is 3.62. The Bertz CT molecular complexity index is 733. The number of nitrogens with zero attached hydrogens (tertiary/aromatic N) is 1. The summed E-state index contributed by atoms with van der Waals surface area (Å²) >= 11 is 6.46. The van der Waals surface area contributed by atoms with Gasteiger partial charge < -0.3 is 11.1 Å². The number of amides is 1. The summed E-state index contributed by atoms with van der Waals surface area (Å²) in [7, 11) is 0. The van der Waals surface area contributed by atoms with E-state index in [4.69, 9.17) is 5.73 Å². The lowest BCUT2D eigenvalue weighted by atomic mass is 9.92. The molecule has 0 saturated carbocycles. The van der Waals surface area contributed by atoms with Crippen LogP contribution in [0.4, 0.5) is 10.1 Å². The minimum Gasteiger partial charge on any atom is -0.321 e. The SMILES string of the molecule is NC1(C(=O)Nc2cn[nH]c2Br)CCc2c1ccc(F)c2Br. The average molecular weight is 418 g/mol. The van der Waals surface area contributed by atoms with Crippen molar-refractivity contribution in [1.29, 1.82) is 0 Å². The molecule has 1 aliphatic carbocycles. The molecule has 1 aromatic carbocycles. The van der Waals surface area contributed by atoms with Crippen molar-refractivity contribution in [1.82, 2.24) is 10.2 Å². The molecule has 0 fully saturated rings. The van der Waals surface area contributed by atoms with E-state index in [0.717, 1.165) is 5.56 Å². The third-order valence-corrected chi connectivity index (χ3v) is 5.15. The van der Waals surface area contributed by atoms with Crippen LogP contribution in [0, 0.1) is 5.82 Å². The summed E-state index contributed by atoms with van der Waals surface area (Å²) in [5.74, 6) is -0.696. The van der Waals surface area contributed by atoms with Crippen LogP contribution in [-0.4, -0.2) is 16.1 Å². The highest BCUT2D eigenvalue weighted by molar-refractivity contribution is 9.10. The van der Waals surface area contributed by atoms with Gasteiger partial charge in [0.2, 0.25) is 5.91 Å². The number of hydrogen-bond donors (Lipinski definition) is 3. The van der Waals surface area contributed by atoms with Crippen molar-refractivity contribution < 1.29 is 9.18 Å². The van der Waals surface area contributed by atoms with Gasteiger partial charge in [0.05, 0.1) is 16.4 Å². The molecule has 3 rings (SSSR count). The smallest absolute Gasteiger partial charge is 0.249 e. The first-order chi connectivity index (χ1) is 9.93. The van der Waals surface area contributed by atoms with Crippen LogP contribution in [-0.2, 0) is 16.8 Å². The van der Waals surface area contributed by atoms with E-state index in [1.807, 2.05) is 0 Å². The number of rotatable bonds is 2. The van der Waals surface area contributed by atoms with Crippen LogP contribution < -0.4 is 11.1 Å². The predicted molar refractivity (Wildman–Crippen MR) is 83.2 cm³/mol. The fraction of sp³-hybridized carbons (Fsp3) is 0.231. The second-order valence-corrected chi connectivity index (χ2v) is 6.50. The summed E-state index contributed by atoms with van der Waals surface area (Å²) in [6.07, 6.45) is 2.46. The monoisotopic (exact) mass is 416 g/mol. The van der Waals surface area contributed by atoms with Crippen LogP contribution >= 0.6 is 31.9 Å². The van der Waals surface area contributed by atoms with E-state index in [1.54, 1.807) is 6.07 Å². The number of carbonyl (C=O) groups is 1. The quantitative estimate of drug-likeness (QED) is 0.702. The van der Waals surface area contributed by atoms with E-state index in [2.05, 4.69) is 47.4 Å². The van der Waals surface area contributed by atoms with Crippen LogP contribution in [0.5, 0.6) is 0 Å². The van der Waals surface area contributed by atoms with Gasteiger partial charge in [-0.1, -0.05) is 6.07 Å². The second kappa shape index (κ2) is 5.19. The minimum absolute atomic E-state index is 0.346. The number of nitrogens with two attached hydrogens (primary N) is 1. The van der Waals surface area contributed by atoms with Gasteiger partial charge in [0.1, 0.15) is 16.0 Å². The van der Waals surface area contributed by atoms with Crippen molar-refractivity contribution in [2.75, 3.05) is 5.32 Å². The molecule has 1 aliphatic rings. The molecule has 8 heteroatoms. The van der Waals surface area contributed by atoms with Gasteiger partial charge in [-0.2, -0.15) is 5.10 Å². The summed E-state index contributed by atoms with van der Waals surface area (Å²) < 4.78 is 14.5. The van der Waals surface area contributed by atoms with E-state index in [0.29, 0.717) is 33.2 Å². The van der Waals surface area contributed by atoms with Crippen LogP contribution in [0.2, 0.25) is 0 Å². The maximum Gasteiger partial charge on any atom is 0.249 e. The molecule has 0 bridgehead atoms. The third-order valence-electron chi connectivity index (χ3n) is 3.69. The zero-order valence-electron chi connectivity index (χ0n) is 10.7. The zero-order valence-corrected chi connectivity index (χ0v) is 13.9. The Morgan fingerprint density at radius 1 is 1.48 bits per heavy atom. The Labute approximate surface area is 136 Å². The Hall–Kier alpha value is -1.25. The molecular formula is C13H11Br2FN4O. The van der Waals surface area contributed by atoms with Gasteiger partial charge >= 0.3 is 0 Å². The second-order valence-electron chi connectivity index (χ2n) is 4.91. The molecule has 4 N–H and O–H groups in total. The molecule has 1 heterocycles. The highest BCUT2D eigenvalue weighted by Gasteiger charge is 2.43. The van der Waals surface area contributed by atoms with Gasteiger partial charge in [-0.3, -0.25) is 9.89 Å². The number of nitrogens with one attached hydrogen (secondary N) is 2. The molecule has 1 unspecified atom stereocenters. The maximum absolute atomic E-state index is 13.6. The molecule has 0 spiro atoms. The van der Waals surface area contributed by atoms with Gasteiger partial charge in [-0.15, -0.1) is 0 Å².